The molecule has 0 radical (unpaired) electrons. The first-order valence-electron chi connectivity index (χ1n) is 5.93. The summed E-state index contributed by atoms with van der Waals surface area (Å²) in [6, 6.07) is 16.9. The van der Waals surface area contributed by atoms with E-state index in [4.69, 9.17) is 0 Å². The van der Waals surface area contributed by atoms with Gasteiger partial charge in [0.2, 0.25) is 0 Å². The van der Waals surface area contributed by atoms with Crippen molar-refractivity contribution in [2.24, 2.45) is 5.10 Å². The van der Waals surface area contributed by atoms with Gasteiger partial charge < -0.3 is 0 Å². The normalized spacial score (nSPS) is 13.1. The molecule has 3 aromatic rings. The molecule has 3 nitrogen and oxygen atoms in total. The molecule has 0 bridgehead atoms. The third-order valence-corrected chi connectivity index (χ3v) is 3.41. The molecule has 86 valence electrons. The van der Waals surface area contributed by atoms with Crippen molar-refractivity contribution in [1.82, 2.24) is 5.53 Å². The molecule has 0 spiro atoms. The lowest BCUT2D eigenvalue weighted by molar-refractivity contribution is 0.876. The van der Waals surface area contributed by atoms with Gasteiger partial charge >= 0.3 is 0 Å². The van der Waals surface area contributed by atoms with Crippen molar-refractivity contribution < 1.29 is 0 Å². The van der Waals surface area contributed by atoms with Crippen molar-refractivity contribution in [3.8, 4) is 0 Å². The quantitative estimate of drug-likeness (QED) is 0.585. The maximum Gasteiger partial charge on any atom is 0.0728 e. The zero-order valence-corrected chi connectivity index (χ0v) is 9.64. The third-order valence-electron chi connectivity index (χ3n) is 3.41. The van der Waals surface area contributed by atoms with E-state index < -0.39 is 0 Å². The molecular weight excluding hydrogens is 222 g/mol. The van der Waals surface area contributed by atoms with Crippen LogP contribution in [0.1, 0.15) is 5.56 Å². The van der Waals surface area contributed by atoms with Crippen molar-refractivity contribution in [3.63, 3.8) is 0 Å². The Kier molecular flexibility index (Phi) is 1.83. The molecule has 0 fully saturated rings. The molecule has 0 unspecified atom stereocenters. The van der Waals surface area contributed by atoms with E-state index in [2.05, 4.69) is 64.6 Å². The van der Waals surface area contributed by atoms with Crippen LogP contribution in [-0.2, 0) is 0 Å². The Labute approximate surface area is 104 Å². The molecule has 0 saturated carbocycles. The molecule has 1 aliphatic rings. The SMILES string of the molecule is C1=NNNc2c1c1ccccc1c1ccccc21. The van der Waals surface area contributed by atoms with Crippen LogP contribution in [0.5, 0.6) is 0 Å². The van der Waals surface area contributed by atoms with Crippen LogP contribution in [0.4, 0.5) is 5.69 Å². The Balaban J connectivity index is 2.33. The first-order valence-corrected chi connectivity index (χ1v) is 5.93. The van der Waals surface area contributed by atoms with Gasteiger partial charge in [-0.05, 0) is 16.2 Å². The molecule has 3 aromatic carbocycles. The van der Waals surface area contributed by atoms with Crippen LogP contribution in [0.2, 0.25) is 0 Å². The third kappa shape index (κ3) is 1.16. The van der Waals surface area contributed by atoms with E-state index in [1.165, 1.54) is 21.5 Å². The number of anilines is 1. The monoisotopic (exact) mass is 233 g/mol. The summed E-state index contributed by atoms with van der Waals surface area (Å²) in [4.78, 5) is 0. The second kappa shape index (κ2) is 3.47. The molecule has 1 aliphatic heterocycles. The topological polar surface area (TPSA) is 36.4 Å². The summed E-state index contributed by atoms with van der Waals surface area (Å²) in [5.74, 6) is 0. The largest absolute Gasteiger partial charge is 0.284 e. The Hall–Kier alpha value is -2.55. The fourth-order valence-corrected chi connectivity index (χ4v) is 2.62. The molecule has 3 heteroatoms. The highest BCUT2D eigenvalue weighted by atomic mass is 15.6. The highest BCUT2D eigenvalue weighted by Gasteiger charge is 2.14. The van der Waals surface area contributed by atoms with Crippen LogP contribution in [0.25, 0.3) is 21.5 Å². The van der Waals surface area contributed by atoms with E-state index in [0.29, 0.717) is 0 Å². The van der Waals surface area contributed by atoms with Crippen LogP contribution < -0.4 is 11.0 Å². The first kappa shape index (κ1) is 9.48. The number of nitrogens with zero attached hydrogens (tertiary/aromatic N) is 1. The van der Waals surface area contributed by atoms with Gasteiger partial charge in [0.1, 0.15) is 0 Å². The summed E-state index contributed by atoms with van der Waals surface area (Å²) in [6.45, 7) is 0. The number of hydrogen-bond acceptors (Lipinski definition) is 3. The number of nitrogens with one attached hydrogen (secondary N) is 2. The molecule has 2 N–H and O–H groups in total. The highest BCUT2D eigenvalue weighted by molar-refractivity contribution is 6.21. The molecule has 18 heavy (non-hydrogen) atoms. The van der Waals surface area contributed by atoms with Crippen LogP contribution in [0.15, 0.2) is 53.6 Å². The van der Waals surface area contributed by atoms with Crippen LogP contribution in [0.3, 0.4) is 0 Å². The average molecular weight is 233 g/mol. The van der Waals surface area contributed by atoms with Gasteiger partial charge in [-0.3, -0.25) is 5.43 Å². The minimum absolute atomic E-state index is 1.10. The predicted octanol–water partition coefficient (Wildman–Crippen LogP) is 3.26. The van der Waals surface area contributed by atoms with E-state index in [0.717, 1.165) is 11.3 Å². The standard InChI is InChI=1S/C15H11N3/c1-2-7-12-10(5-1)11-6-3-4-8-13(11)15-14(12)9-16-18-17-15/h1-9,17-18H. The maximum absolute atomic E-state index is 4.09. The van der Waals surface area contributed by atoms with Gasteiger partial charge in [-0.1, -0.05) is 48.5 Å². The maximum atomic E-state index is 4.09. The van der Waals surface area contributed by atoms with E-state index in [1.807, 2.05) is 6.21 Å². The lowest BCUT2D eigenvalue weighted by atomic mass is 9.95. The van der Waals surface area contributed by atoms with Crippen LogP contribution in [-0.4, -0.2) is 6.21 Å². The number of rotatable bonds is 0. The number of benzene rings is 3. The second-order valence-electron chi connectivity index (χ2n) is 4.37. The molecule has 0 saturated heterocycles. The van der Waals surface area contributed by atoms with Gasteiger partial charge in [0.05, 0.1) is 11.9 Å². The van der Waals surface area contributed by atoms with Crippen LogP contribution >= 0.6 is 0 Å². The highest BCUT2D eigenvalue weighted by Crippen LogP contribution is 2.35. The van der Waals surface area contributed by atoms with Gasteiger partial charge in [-0.2, -0.15) is 5.10 Å². The minimum atomic E-state index is 1.10. The summed E-state index contributed by atoms with van der Waals surface area (Å²) >= 11 is 0. The van der Waals surface area contributed by atoms with Crippen molar-refractivity contribution in [1.29, 1.82) is 0 Å². The van der Waals surface area contributed by atoms with Crippen molar-refractivity contribution in [2.45, 2.75) is 0 Å². The second-order valence-corrected chi connectivity index (χ2v) is 4.37. The summed E-state index contributed by atoms with van der Waals surface area (Å²) in [7, 11) is 0. The zero-order valence-electron chi connectivity index (χ0n) is 9.64. The van der Waals surface area contributed by atoms with Gasteiger partial charge in [0.25, 0.3) is 0 Å². The van der Waals surface area contributed by atoms with E-state index in [1.54, 1.807) is 0 Å². The van der Waals surface area contributed by atoms with Gasteiger partial charge in [-0.25, -0.2) is 5.53 Å². The molecule has 0 atom stereocenters. The Morgan fingerprint density at radius 2 is 1.33 bits per heavy atom. The van der Waals surface area contributed by atoms with Gasteiger partial charge in [-0.15, -0.1) is 0 Å². The number of fused-ring (bicyclic) bond motifs is 6. The summed E-state index contributed by atoms with van der Waals surface area (Å²) in [5.41, 5.74) is 8.21. The summed E-state index contributed by atoms with van der Waals surface area (Å²) in [6.07, 6.45) is 1.88. The Morgan fingerprint density at radius 1 is 0.722 bits per heavy atom. The van der Waals surface area contributed by atoms with Gasteiger partial charge in [0, 0.05) is 10.9 Å². The fourth-order valence-electron chi connectivity index (χ4n) is 2.62. The average Bonchev–Trinajstić information content (AvgIpc) is 2.48. The summed E-state index contributed by atoms with van der Waals surface area (Å²) in [5, 5.41) is 9.05. The smallest absolute Gasteiger partial charge is 0.0728 e. The fraction of sp³-hybridized carbons (Fsp3) is 0. The number of hydrogen-bond donors (Lipinski definition) is 2. The molecule has 4 rings (SSSR count). The van der Waals surface area contributed by atoms with Gasteiger partial charge in [0.15, 0.2) is 0 Å². The van der Waals surface area contributed by atoms with E-state index in [9.17, 15) is 0 Å². The molecule has 1 heterocycles. The Bertz CT molecular complexity index is 790. The molecule has 0 aliphatic carbocycles. The predicted molar refractivity (Wildman–Crippen MR) is 75.8 cm³/mol. The number of hydrazone groups is 1. The lowest BCUT2D eigenvalue weighted by Crippen LogP contribution is -2.20. The lowest BCUT2D eigenvalue weighted by Gasteiger charge is -2.18. The van der Waals surface area contributed by atoms with Crippen molar-refractivity contribution >= 4 is 33.4 Å². The zero-order chi connectivity index (χ0) is 11.9. The van der Waals surface area contributed by atoms with Crippen molar-refractivity contribution in [3.05, 3.63) is 54.1 Å². The first-order chi connectivity index (χ1) is 8.95. The van der Waals surface area contributed by atoms with E-state index >= 15 is 0 Å². The minimum Gasteiger partial charge on any atom is -0.284 e. The Morgan fingerprint density at radius 3 is 2.11 bits per heavy atom. The van der Waals surface area contributed by atoms with E-state index in [-0.39, 0.29) is 0 Å². The summed E-state index contributed by atoms with van der Waals surface area (Å²) < 4.78 is 0. The molecule has 0 amide bonds. The molecule has 0 aromatic heterocycles. The van der Waals surface area contributed by atoms with Crippen LogP contribution in [0, 0.1) is 0 Å². The number of hydrazine groups is 1. The van der Waals surface area contributed by atoms with Crippen molar-refractivity contribution in [2.75, 3.05) is 5.43 Å². The molecular formula is C15H11N3.